The molecule has 1 N–H and O–H groups in total. The van der Waals surface area contributed by atoms with Crippen molar-refractivity contribution in [3.8, 4) is 10.6 Å². The summed E-state index contributed by atoms with van der Waals surface area (Å²) in [6, 6.07) is 8.34. The van der Waals surface area contributed by atoms with Crippen molar-refractivity contribution in [2.75, 3.05) is 13.1 Å². The van der Waals surface area contributed by atoms with E-state index in [4.69, 9.17) is 4.98 Å². The molecule has 4 heterocycles. The fourth-order valence-corrected chi connectivity index (χ4v) is 5.23. The number of fused-ring (bicyclic) bond motifs is 1. The van der Waals surface area contributed by atoms with Gasteiger partial charge in [0.15, 0.2) is 5.82 Å². The summed E-state index contributed by atoms with van der Waals surface area (Å²) in [4.78, 5) is 33.2. The maximum absolute atomic E-state index is 12.8. The Balaban J connectivity index is 1.32. The highest BCUT2D eigenvalue weighted by atomic mass is 32.1. The maximum atomic E-state index is 12.8. The summed E-state index contributed by atoms with van der Waals surface area (Å²) in [6.45, 7) is 5.28. The predicted octanol–water partition coefficient (Wildman–Crippen LogP) is 3.73. The van der Waals surface area contributed by atoms with E-state index in [0.29, 0.717) is 12.4 Å². The number of hydrogen-bond donors (Lipinski definition) is 1. The van der Waals surface area contributed by atoms with Crippen LogP contribution < -0.4 is 5.56 Å². The number of aliphatic imine (C=N–C) groups is 1. The van der Waals surface area contributed by atoms with Crippen molar-refractivity contribution in [2.45, 2.75) is 45.7 Å². The highest BCUT2D eigenvalue weighted by molar-refractivity contribution is 7.15. The first-order valence-corrected chi connectivity index (χ1v) is 11.4. The Morgan fingerprint density at radius 3 is 2.93 bits per heavy atom. The molecule has 0 unspecified atom stereocenters. The van der Waals surface area contributed by atoms with Crippen molar-refractivity contribution in [2.24, 2.45) is 4.99 Å². The zero-order valence-corrected chi connectivity index (χ0v) is 18.0. The summed E-state index contributed by atoms with van der Waals surface area (Å²) in [7, 11) is 0. The molecule has 0 atom stereocenters. The van der Waals surface area contributed by atoms with Gasteiger partial charge in [0, 0.05) is 49.2 Å². The zero-order chi connectivity index (χ0) is 20.5. The smallest absolute Gasteiger partial charge is 0.255 e. The van der Waals surface area contributed by atoms with E-state index < -0.39 is 0 Å². The number of aromatic nitrogens is 3. The third kappa shape index (κ3) is 3.87. The molecule has 1 aromatic carbocycles. The normalized spacial score (nSPS) is 16.9. The molecule has 2 aliphatic rings. The van der Waals surface area contributed by atoms with Gasteiger partial charge in [-0.15, -0.1) is 11.3 Å². The van der Waals surface area contributed by atoms with Gasteiger partial charge in [0.05, 0.1) is 17.0 Å². The SMILES string of the molecule is Cc1ccccc1-c1ncc(CN2CCc3nc(C4=NCCCC4)[nH]c(=O)c3C2)s1. The lowest BCUT2D eigenvalue weighted by Crippen LogP contribution is -2.36. The Bertz CT molecular complexity index is 1160. The van der Waals surface area contributed by atoms with Crippen LogP contribution in [-0.2, 0) is 19.5 Å². The van der Waals surface area contributed by atoms with E-state index >= 15 is 0 Å². The zero-order valence-electron chi connectivity index (χ0n) is 17.1. The minimum atomic E-state index is -0.0159. The van der Waals surface area contributed by atoms with Crippen LogP contribution in [0.2, 0.25) is 0 Å². The van der Waals surface area contributed by atoms with Crippen LogP contribution in [0.3, 0.4) is 0 Å². The molecule has 0 spiro atoms. The molecule has 7 heteroatoms. The number of nitrogens with one attached hydrogen (secondary N) is 1. The molecule has 5 rings (SSSR count). The highest BCUT2D eigenvalue weighted by Crippen LogP contribution is 2.29. The monoisotopic (exact) mass is 419 g/mol. The Kier molecular flexibility index (Phi) is 5.31. The first-order valence-electron chi connectivity index (χ1n) is 10.6. The van der Waals surface area contributed by atoms with E-state index in [2.05, 4.69) is 51.0 Å². The van der Waals surface area contributed by atoms with E-state index in [-0.39, 0.29) is 5.56 Å². The number of hydrogen-bond acceptors (Lipinski definition) is 6. The van der Waals surface area contributed by atoms with Gasteiger partial charge in [0.25, 0.3) is 5.56 Å². The number of rotatable bonds is 4. The number of aromatic amines is 1. The summed E-state index contributed by atoms with van der Waals surface area (Å²) >= 11 is 1.73. The van der Waals surface area contributed by atoms with Crippen molar-refractivity contribution in [3.63, 3.8) is 0 Å². The molecule has 30 heavy (non-hydrogen) atoms. The van der Waals surface area contributed by atoms with Crippen LogP contribution in [0.1, 0.15) is 46.8 Å². The van der Waals surface area contributed by atoms with E-state index in [1.165, 1.54) is 16.0 Å². The molecule has 2 aliphatic heterocycles. The molecule has 3 aromatic rings. The van der Waals surface area contributed by atoms with Crippen LogP contribution in [-0.4, -0.2) is 38.7 Å². The summed E-state index contributed by atoms with van der Waals surface area (Å²) < 4.78 is 0. The van der Waals surface area contributed by atoms with Crippen LogP contribution in [0.25, 0.3) is 10.6 Å². The second-order valence-electron chi connectivity index (χ2n) is 8.03. The standard InChI is InChI=1S/C23H25N5OS/c1-15-6-2-3-7-17(15)23-25-12-16(30-23)13-28-11-9-19-18(14-28)22(29)27-21(26-19)20-8-4-5-10-24-20/h2-3,6-7,12H,4-5,8-11,13-14H2,1H3,(H,26,27,29). The molecule has 0 fully saturated rings. The number of aryl methyl sites for hydroxylation is 1. The van der Waals surface area contributed by atoms with Crippen molar-refractivity contribution in [1.29, 1.82) is 0 Å². The molecule has 0 amide bonds. The quantitative estimate of drug-likeness (QED) is 0.699. The van der Waals surface area contributed by atoms with Gasteiger partial charge in [-0.2, -0.15) is 0 Å². The molecule has 6 nitrogen and oxygen atoms in total. The van der Waals surface area contributed by atoms with E-state index in [9.17, 15) is 4.79 Å². The minimum Gasteiger partial charge on any atom is -0.305 e. The van der Waals surface area contributed by atoms with E-state index in [1.54, 1.807) is 11.3 Å². The molecular formula is C23H25N5OS. The second kappa shape index (κ2) is 8.24. The summed E-state index contributed by atoms with van der Waals surface area (Å²) in [5.74, 6) is 0.678. The number of nitrogens with zero attached hydrogens (tertiary/aromatic N) is 4. The topological polar surface area (TPSA) is 74.2 Å². The van der Waals surface area contributed by atoms with Crippen molar-refractivity contribution in [1.82, 2.24) is 19.9 Å². The van der Waals surface area contributed by atoms with Gasteiger partial charge in [-0.1, -0.05) is 24.3 Å². The Hall–Kier alpha value is -2.64. The Labute approximate surface area is 179 Å². The number of thiazole rings is 1. The van der Waals surface area contributed by atoms with Crippen LogP contribution >= 0.6 is 11.3 Å². The lowest BCUT2D eigenvalue weighted by Gasteiger charge is -2.27. The second-order valence-corrected chi connectivity index (χ2v) is 9.15. The average molecular weight is 420 g/mol. The molecule has 0 aliphatic carbocycles. The van der Waals surface area contributed by atoms with Gasteiger partial charge in [-0.3, -0.25) is 14.7 Å². The van der Waals surface area contributed by atoms with Crippen molar-refractivity contribution >= 4 is 17.0 Å². The summed E-state index contributed by atoms with van der Waals surface area (Å²) in [5.41, 5.74) is 5.10. The first kappa shape index (κ1) is 19.3. The Morgan fingerprint density at radius 2 is 2.10 bits per heavy atom. The molecule has 154 valence electrons. The average Bonchev–Trinajstić information content (AvgIpc) is 3.23. The minimum absolute atomic E-state index is 0.0159. The molecule has 0 bridgehead atoms. The van der Waals surface area contributed by atoms with E-state index in [1.807, 2.05) is 6.20 Å². The number of H-pyrrole nitrogens is 1. The maximum Gasteiger partial charge on any atom is 0.255 e. The Morgan fingerprint density at radius 1 is 1.20 bits per heavy atom. The summed E-state index contributed by atoms with van der Waals surface area (Å²) in [6.07, 6.45) is 5.91. The van der Waals surface area contributed by atoms with Crippen LogP contribution in [0.15, 0.2) is 40.2 Å². The molecule has 0 saturated carbocycles. The van der Waals surface area contributed by atoms with Gasteiger partial charge >= 0.3 is 0 Å². The predicted molar refractivity (Wildman–Crippen MR) is 120 cm³/mol. The van der Waals surface area contributed by atoms with Crippen molar-refractivity contribution < 1.29 is 0 Å². The number of benzene rings is 1. The first-order chi connectivity index (χ1) is 14.7. The van der Waals surface area contributed by atoms with Crippen LogP contribution in [0.5, 0.6) is 0 Å². The van der Waals surface area contributed by atoms with Gasteiger partial charge in [-0.25, -0.2) is 9.97 Å². The highest BCUT2D eigenvalue weighted by Gasteiger charge is 2.23. The third-order valence-corrected chi connectivity index (χ3v) is 6.87. The van der Waals surface area contributed by atoms with Crippen molar-refractivity contribution in [3.05, 3.63) is 68.3 Å². The largest absolute Gasteiger partial charge is 0.305 e. The van der Waals surface area contributed by atoms with E-state index in [0.717, 1.165) is 67.3 Å². The third-order valence-electron chi connectivity index (χ3n) is 5.85. The lowest BCUT2D eigenvalue weighted by molar-refractivity contribution is 0.243. The van der Waals surface area contributed by atoms with Gasteiger partial charge in [0.1, 0.15) is 5.01 Å². The lowest BCUT2D eigenvalue weighted by atomic mass is 10.1. The van der Waals surface area contributed by atoms with Gasteiger partial charge < -0.3 is 4.98 Å². The molecule has 0 radical (unpaired) electrons. The van der Waals surface area contributed by atoms with Gasteiger partial charge in [0.2, 0.25) is 0 Å². The van der Waals surface area contributed by atoms with Crippen LogP contribution in [0, 0.1) is 6.92 Å². The molecular weight excluding hydrogens is 394 g/mol. The fraction of sp³-hybridized carbons (Fsp3) is 0.391. The molecule has 0 saturated heterocycles. The fourth-order valence-electron chi connectivity index (χ4n) is 4.18. The molecule has 2 aromatic heterocycles. The van der Waals surface area contributed by atoms with Crippen LogP contribution in [0.4, 0.5) is 0 Å². The van der Waals surface area contributed by atoms with Gasteiger partial charge in [-0.05, 0) is 31.7 Å². The summed E-state index contributed by atoms with van der Waals surface area (Å²) in [5, 5.41) is 1.05.